The molecule has 16 heteroatoms. The molecule has 1 aromatic rings. The molecule has 0 saturated heterocycles. The van der Waals surface area contributed by atoms with E-state index >= 15 is 0 Å². The maximum absolute atomic E-state index is 12.0. The van der Waals surface area contributed by atoms with Gasteiger partial charge in [-0.1, -0.05) is 12.1 Å². The van der Waals surface area contributed by atoms with E-state index < -0.39 is 80.7 Å². The summed E-state index contributed by atoms with van der Waals surface area (Å²) in [6.45, 7) is -2.30. The Morgan fingerprint density at radius 2 is 1.19 bits per heavy atom. The molecule has 4 atom stereocenters. The number of quaternary nitrogens is 3. The quantitative estimate of drug-likeness (QED) is 0.0705. The molecule has 1 saturated carbocycles. The van der Waals surface area contributed by atoms with Gasteiger partial charge in [0.05, 0.1) is 0 Å². The number of rotatable bonds is 18. The molecule has 0 heterocycles. The molecule has 1 unspecified atom stereocenters. The minimum absolute atomic E-state index is 0.0592. The molecular formula is C26H40N5O10S+3. The first kappa shape index (κ1) is 34.3. The molecule has 11 N–H and O–H groups in total. The zero-order valence-electron chi connectivity index (χ0n) is 23.1. The molecule has 1 aliphatic carbocycles. The predicted molar refractivity (Wildman–Crippen MR) is 151 cm³/mol. The number of nitrogens with one attached hydrogen (secondary N) is 4. The second-order valence-corrected chi connectivity index (χ2v) is 11.1. The average molecular weight is 615 g/mol. The van der Waals surface area contributed by atoms with Gasteiger partial charge in [0.2, 0.25) is 0 Å². The second-order valence-electron chi connectivity index (χ2n) is 10.6. The lowest BCUT2D eigenvalue weighted by molar-refractivity contribution is -1.01. The van der Waals surface area contributed by atoms with Crippen LogP contribution in [0.1, 0.15) is 31.2 Å². The summed E-state index contributed by atoms with van der Waals surface area (Å²) in [5.41, 5.74) is 6.87. The molecule has 1 aliphatic rings. The highest BCUT2D eigenvalue weighted by atomic mass is 32.1. The molecule has 0 spiro atoms. The fourth-order valence-electron chi connectivity index (χ4n) is 5.94. The minimum Gasteiger partial charge on any atom is -0.477 e. The highest BCUT2D eigenvalue weighted by Gasteiger charge is 2.44. The van der Waals surface area contributed by atoms with Gasteiger partial charge in [-0.15, -0.1) is 0 Å². The van der Waals surface area contributed by atoms with Gasteiger partial charge in [-0.2, -0.15) is 0 Å². The number of nitrogens with two attached hydrogens (primary N) is 1. The normalized spacial score (nSPS) is 18.2. The van der Waals surface area contributed by atoms with Crippen molar-refractivity contribution in [3.63, 3.8) is 0 Å². The van der Waals surface area contributed by atoms with Crippen LogP contribution in [0.5, 0.6) is 0 Å². The average Bonchev–Trinajstić information content (AvgIpc) is 2.86. The van der Waals surface area contributed by atoms with Crippen LogP contribution < -0.4 is 25.8 Å². The number of carboxylic acid groups (broad SMARTS) is 5. The zero-order valence-corrected chi connectivity index (χ0v) is 23.9. The first-order valence-corrected chi connectivity index (χ1v) is 13.9. The van der Waals surface area contributed by atoms with Crippen molar-refractivity contribution >= 4 is 52.9 Å². The number of hydrogen-bond acceptors (Lipinski definition) is 6. The van der Waals surface area contributed by atoms with Crippen LogP contribution in [0, 0.1) is 0 Å². The van der Waals surface area contributed by atoms with E-state index in [1.165, 1.54) is 0 Å². The molecule has 0 bridgehead atoms. The van der Waals surface area contributed by atoms with Gasteiger partial charge in [0.15, 0.2) is 37.8 Å². The van der Waals surface area contributed by atoms with E-state index in [1.54, 1.807) is 24.3 Å². The lowest BCUT2D eigenvalue weighted by Gasteiger charge is -2.40. The van der Waals surface area contributed by atoms with Crippen LogP contribution in [0.25, 0.3) is 0 Å². The van der Waals surface area contributed by atoms with Crippen LogP contribution in [0.15, 0.2) is 24.3 Å². The summed E-state index contributed by atoms with van der Waals surface area (Å²) in [5.74, 6) is -5.94. The fraction of sp³-hybridized carbons (Fsp3) is 0.538. The van der Waals surface area contributed by atoms with E-state index in [9.17, 15) is 49.5 Å². The van der Waals surface area contributed by atoms with E-state index in [0.717, 1.165) is 18.4 Å². The Morgan fingerprint density at radius 1 is 0.762 bits per heavy atom. The van der Waals surface area contributed by atoms with Crippen LogP contribution in [0.4, 0.5) is 5.69 Å². The third-order valence-electron chi connectivity index (χ3n) is 7.50. The summed E-state index contributed by atoms with van der Waals surface area (Å²) >= 11 is 4.85. The smallest absolute Gasteiger partial charge is 0.359 e. The fourth-order valence-corrected chi connectivity index (χ4v) is 6.06. The van der Waals surface area contributed by atoms with Gasteiger partial charge < -0.3 is 51.3 Å². The molecule has 15 nitrogen and oxygen atoms in total. The SMILES string of the molecule is NC(=S)Nc1ccc(C[C@H](C[NH+](CC(=O)O)[C@H]2CCCC[C@@H]2[NH+](CC(=O)O)CC(=O)O)[NH+](CC(=O)O)CC(=O)O)cc1. The Hall–Kier alpha value is -3.86. The summed E-state index contributed by atoms with van der Waals surface area (Å²) in [7, 11) is 0. The first-order chi connectivity index (χ1) is 19.7. The molecule has 232 valence electrons. The van der Waals surface area contributed by atoms with Gasteiger partial charge in [0.1, 0.15) is 24.7 Å². The van der Waals surface area contributed by atoms with Crippen molar-refractivity contribution in [2.24, 2.45) is 5.73 Å². The summed E-state index contributed by atoms with van der Waals surface area (Å²) in [6, 6.07) is 5.32. The van der Waals surface area contributed by atoms with Gasteiger partial charge in [0, 0.05) is 24.9 Å². The monoisotopic (exact) mass is 614 g/mol. The summed E-state index contributed by atoms with van der Waals surface area (Å²) in [6.07, 6.45) is 2.66. The molecule has 42 heavy (non-hydrogen) atoms. The Labute approximate surface area is 247 Å². The number of thiocarbonyl (C=S) groups is 1. The van der Waals surface area contributed by atoms with Crippen molar-refractivity contribution < 1.29 is 64.2 Å². The maximum atomic E-state index is 12.0. The minimum atomic E-state index is -1.22. The lowest BCUT2D eigenvalue weighted by Crippen LogP contribution is -3.30. The molecule has 2 rings (SSSR count). The highest BCUT2D eigenvalue weighted by molar-refractivity contribution is 7.80. The second kappa shape index (κ2) is 16.5. The Morgan fingerprint density at radius 3 is 1.62 bits per heavy atom. The van der Waals surface area contributed by atoms with Crippen LogP contribution in [-0.4, -0.2) is 118 Å². The maximum Gasteiger partial charge on any atom is 0.359 e. The number of carboxylic acids is 5. The molecule has 0 aromatic heterocycles. The summed E-state index contributed by atoms with van der Waals surface area (Å²) < 4.78 is 0. The van der Waals surface area contributed by atoms with Crippen molar-refractivity contribution in [3.05, 3.63) is 29.8 Å². The first-order valence-electron chi connectivity index (χ1n) is 13.5. The van der Waals surface area contributed by atoms with Crippen LogP contribution in [0.3, 0.4) is 0 Å². The number of benzene rings is 1. The van der Waals surface area contributed by atoms with E-state index in [1.807, 2.05) is 0 Å². The van der Waals surface area contributed by atoms with Crippen LogP contribution in [0.2, 0.25) is 0 Å². The largest absolute Gasteiger partial charge is 0.477 e. The molecule has 0 radical (unpaired) electrons. The van der Waals surface area contributed by atoms with Gasteiger partial charge in [-0.05, 0) is 42.8 Å². The topological polar surface area (TPSA) is 238 Å². The molecule has 1 aromatic carbocycles. The van der Waals surface area contributed by atoms with Crippen LogP contribution >= 0.6 is 12.2 Å². The standard InChI is InChI=1S/C26H37N5O10S/c27-26(42)28-17-7-5-16(6-8-17)9-18(29(11-21(32)33)12-22(34)35)10-30(13-23(36)37)19-3-1-2-4-20(19)31(14-24(38)39)15-25(40)41/h5-8,18-20H,1-4,9-15H2,(H,32,33)(H,34,35)(H,36,37)(H,38,39)(H,40,41)(H3,27,28,42)/p+3/t18-,19+,20+/m1/s1. The lowest BCUT2D eigenvalue weighted by atomic mass is 9.87. The van der Waals surface area contributed by atoms with Crippen molar-refractivity contribution in [1.82, 2.24) is 0 Å². The predicted octanol–water partition coefficient (Wildman–Crippen LogP) is -4.36. The molecule has 1 fully saturated rings. The zero-order chi connectivity index (χ0) is 31.4. The van der Waals surface area contributed by atoms with E-state index in [4.69, 9.17) is 18.0 Å². The van der Waals surface area contributed by atoms with Gasteiger partial charge in [0.25, 0.3) is 0 Å². The van der Waals surface area contributed by atoms with Crippen LogP contribution in [-0.2, 0) is 30.4 Å². The summed E-state index contributed by atoms with van der Waals surface area (Å²) in [5, 5.41) is 50.8. The van der Waals surface area contributed by atoms with Gasteiger partial charge in [-0.25, -0.2) is 24.0 Å². The molecular weight excluding hydrogens is 574 g/mol. The number of aliphatic carboxylic acids is 5. The third-order valence-corrected chi connectivity index (χ3v) is 7.60. The van der Waals surface area contributed by atoms with E-state index in [2.05, 4.69) is 5.32 Å². The Kier molecular flexibility index (Phi) is 13.5. The van der Waals surface area contributed by atoms with Crippen molar-refractivity contribution in [2.45, 2.75) is 50.2 Å². The highest BCUT2D eigenvalue weighted by Crippen LogP contribution is 2.16. The van der Waals surface area contributed by atoms with E-state index in [-0.39, 0.29) is 23.0 Å². The Bertz CT molecular complexity index is 1100. The third kappa shape index (κ3) is 11.9. The van der Waals surface area contributed by atoms with Crippen molar-refractivity contribution in [2.75, 3.05) is 44.6 Å². The van der Waals surface area contributed by atoms with E-state index in [0.29, 0.717) is 28.3 Å². The molecule has 0 amide bonds. The number of anilines is 1. The Balaban J connectivity index is 2.49. The van der Waals surface area contributed by atoms with Gasteiger partial charge in [-0.3, -0.25) is 0 Å². The number of carbonyl (C=O) groups is 5. The molecule has 0 aliphatic heterocycles. The van der Waals surface area contributed by atoms with Crippen molar-refractivity contribution in [3.8, 4) is 0 Å². The van der Waals surface area contributed by atoms with Crippen molar-refractivity contribution in [1.29, 1.82) is 0 Å². The number of hydrogen-bond donors (Lipinski definition) is 10. The van der Waals surface area contributed by atoms with Gasteiger partial charge >= 0.3 is 29.8 Å². The summed E-state index contributed by atoms with van der Waals surface area (Å²) in [4.78, 5) is 59.8.